The van der Waals surface area contributed by atoms with E-state index >= 15 is 0 Å². The third-order valence-electron chi connectivity index (χ3n) is 4.03. The third kappa shape index (κ3) is 2.34. The second-order valence-electron chi connectivity index (χ2n) is 5.65. The zero-order valence-electron chi connectivity index (χ0n) is 12.1. The summed E-state index contributed by atoms with van der Waals surface area (Å²) >= 11 is 1.66. The molecule has 2 aromatic rings. The third-order valence-corrected chi connectivity index (χ3v) is 5.14. The van der Waals surface area contributed by atoms with Gasteiger partial charge in [-0.15, -0.1) is 11.8 Å². The first-order valence-electron chi connectivity index (χ1n) is 7.06. The Kier molecular flexibility index (Phi) is 3.73. The van der Waals surface area contributed by atoms with Crippen LogP contribution in [0, 0.1) is 23.1 Å². The molecule has 0 radical (unpaired) electrons. The standard InChI is InChI=1S/C18H16FNS/c1-11(2)17-13-8-7-12(9-20)18(19)15(13)10-21-16-6-4-3-5-14(16)17/h3-8,11,17H,10H2,1-2H3. The Morgan fingerprint density at radius 3 is 2.67 bits per heavy atom. The number of hydrogen-bond acceptors (Lipinski definition) is 2. The maximum Gasteiger partial charge on any atom is 0.145 e. The molecule has 1 atom stereocenters. The molecular formula is C18H16FNS. The zero-order valence-corrected chi connectivity index (χ0v) is 12.9. The lowest BCUT2D eigenvalue weighted by Crippen LogP contribution is -2.11. The fourth-order valence-electron chi connectivity index (χ4n) is 3.07. The van der Waals surface area contributed by atoms with Gasteiger partial charge in [0.15, 0.2) is 0 Å². The van der Waals surface area contributed by atoms with E-state index in [4.69, 9.17) is 5.26 Å². The molecule has 2 aromatic carbocycles. The quantitative estimate of drug-likeness (QED) is 0.732. The van der Waals surface area contributed by atoms with Crippen LogP contribution in [0.4, 0.5) is 4.39 Å². The summed E-state index contributed by atoms with van der Waals surface area (Å²) in [5.41, 5.74) is 3.12. The minimum Gasteiger partial charge on any atom is -0.205 e. The average molecular weight is 297 g/mol. The van der Waals surface area contributed by atoms with Crippen LogP contribution in [0.5, 0.6) is 0 Å². The lowest BCUT2D eigenvalue weighted by molar-refractivity contribution is 0.546. The summed E-state index contributed by atoms with van der Waals surface area (Å²) in [6.07, 6.45) is 0. The minimum absolute atomic E-state index is 0.141. The van der Waals surface area contributed by atoms with E-state index in [-0.39, 0.29) is 17.3 Å². The summed E-state index contributed by atoms with van der Waals surface area (Å²) in [5.74, 6) is 0.780. The van der Waals surface area contributed by atoms with E-state index in [9.17, 15) is 4.39 Å². The van der Waals surface area contributed by atoms with E-state index in [0.717, 1.165) is 5.56 Å². The number of fused-ring (bicyclic) bond motifs is 2. The van der Waals surface area contributed by atoms with Crippen molar-refractivity contribution in [2.45, 2.75) is 30.4 Å². The van der Waals surface area contributed by atoms with Gasteiger partial charge < -0.3 is 0 Å². The second kappa shape index (κ2) is 5.54. The molecule has 1 aliphatic heterocycles. The van der Waals surface area contributed by atoms with Gasteiger partial charge in [0.2, 0.25) is 0 Å². The number of nitrogens with zero attached hydrogens (tertiary/aromatic N) is 1. The smallest absolute Gasteiger partial charge is 0.145 e. The molecule has 0 amide bonds. The first kappa shape index (κ1) is 14.2. The number of nitriles is 1. The van der Waals surface area contributed by atoms with Crippen LogP contribution >= 0.6 is 11.8 Å². The molecule has 1 nitrogen and oxygen atoms in total. The van der Waals surface area contributed by atoms with Crippen molar-refractivity contribution in [3.63, 3.8) is 0 Å². The molecule has 3 rings (SSSR count). The van der Waals surface area contributed by atoms with Gasteiger partial charge in [-0.1, -0.05) is 38.1 Å². The van der Waals surface area contributed by atoms with Gasteiger partial charge >= 0.3 is 0 Å². The maximum absolute atomic E-state index is 14.6. The van der Waals surface area contributed by atoms with Crippen molar-refractivity contribution in [2.75, 3.05) is 0 Å². The molecule has 1 heterocycles. The first-order valence-corrected chi connectivity index (χ1v) is 8.05. The van der Waals surface area contributed by atoms with Crippen molar-refractivity contribution in [1.82, 2.24) is 0 Å². The Morgan fingerprint density at radius 1 is 1.19 bits per heavy atom. The van der Waals surface area contributed by atoms with Crippen molar-refractivity contribution >= 4 is 11.8 Å². The summed E-state index contributed by atoms with van der Waals surface area (Å²) in [7, 11) is 0. The van der Waals surface area contributed by atoms with Crippen LogP contribution in [-0.2, 0) is 5.75 Å². The Hall–Kier alpha value is -1.79. The lowest BCUT2D eigenvalue weighted by atomic mass is 9.80. The van der Waals surface area contributed by atoms with Crippen LogP contribution in [0.1, 0.15) is 42.0 Å². The summed E-state index contributed by atoms with van der Waals surface area (Å²) in [5, 5.41) is 9.04. The molecule has 0 saturated heterocycles. The molecule has 3 heteroatoms. The lowest BCUT2D eigenvalue weighted by Gasteiger charge is -2.24. The summed E-state index contributed by atoms with van der Waals surface area (Å²) < 4.78 is 14.6. The van der Waals surface area contributed by atoms with Crippen LogP contribution in [0.2, 0.25) is 0 Å². The van der Waals surface area contributed by atoms with Crippen LogP contribution < -0.4 is 0 Å². The SMILES string of the molecule is CC(C)C1c2ccccc2SCc2c1ccc(C#N)c2F. The molecular weight excluding hydrogens is 281 g/mol. The molecule has 1 aliphatic rings. The van der Waals surface area contributed by atoms with E-state index in [1.54, 1.807) is 17.8 Å². The van der Waals surface area contributed by atoms with E-state index in [1.165, 1.54) is 10.5 Å². The fraction of sp³-hybridized carbons (Fsp3) is 0.278. The van der Waals surface area contributed by atoms with Crippen LogP contribution in [0.25, 0.3) is 0 Å². The largest absolute Gasteiger partial charge is 0.205 e. The predicted octanol–water partition coefficient (Wildman–Crippen LogP) is 5.09. The molecule has 106 valence electrons. The summed E-state index contributed by atoms with van der Waals surface area (Å²) in [4.78, 5) is 1.21. The maximum atomic E-state index is 14.6. The van der Waals surface area contributed by atoms with Gasteiger partial charge in [-0.25, -0.2) is 4.39 Å². The highest BCUT2D eigenvalue weighted by Crippen LogP contribution is 2.44. The molecule has 0 N–H and O–H groups in total. The highest BCUT2D eigenvalue weighted by molar-refractivity contribution is 7.98. The normalized spacial score (nSPS) is 16.8. The molecule has 0 saturated carbocycles. The number of thioether (sulfide) groups is 1. The molecule has 0 spiro atoms. The fourth-order valence-corrected chi connectivity index (χ4v) is 4.19. The van der Waals surface area contributed by atoms with E-state index in [0.29, 0.717) is 17.2 Å². The molecule has 1 unspecified atom stereocenters. The van der Waals surface area contributed by atoms with E-state index in [1.807, 2.05) is 24.3 Å². The Labute approximate surface area is 128 Å². The van der Waals surface area contributed by atoms with E-state index in [2.05, 4.69) is 26.0 Å². The number of halogens is 1. The Balaban J connectivity index is 2.26. The van der Waals surface area contributed by atoms with Crippen molar-refractivity contribution < 1.29 is 4.39 Å². The summed E-state index contributed by atoms with van der Waals surface area (Å²) in [6, 6.07) is 13.8. The van der Waals surface area contributed by atoms with Gasteiger partial charge in [0.1, 0.15) is 11.9 Å². The number of benzene rings is 2. The van der Waals surface area contributed by atoms with Gasteiger partial charge in [-0.3, -0.25) is 0 Å². The zero-order chi connectivity index (χ0) is 15.0. The minimum atomic E-state index is -0.346. The summed E-state index contributed by atoms with van der Waals surface area (Å²) in [6.45, 7) is 4.33. The van der Waals surface area contributed by atoms with Gasteiger partial charge in [-0.2, -0.15) is 5.26 Å². The number of hydrogen-bond donors (Lipinski definition) is 0. The highest BCUT2D eigenvalue weighted by atomic mass is 32.2. The van der Waals surface area contributed by atoms with Crippen molar-refractivity contribution in [1.29, 1.82) is 5.26 Å². The van der Waals surface area contributed by atoms with Crippen molar-refractivity contribution in [2.24, 2.45) is 5.92 Å². The van der Waals surface area contributed by atoms with E-state index < -0.39 is 0 Å². The molecule has 21 heavy (non-hydrogen) atoms. The van der Waals surface area contributed by atoms with Crippen molar-refractivity contribution in [3.05, 3.63) is 64.5 Å². The van der Waals surface area contributed by atoms with Gasteiger partial charge in [0.05, 0.1) is 5.56 Å². The molecule has 0 aliphatic carbocycles. The Morgan fingerprint density at radius 2 is 1.95 bits per heavy atom. The predicted molar refractivity (Wildman–Crippen MR) is 83.8 cm³/mol. The van der Waals surface area contributed by atoms with Crippen LogP contribution in [0.3, 0.4) is 0 Å². The topological polar surface area (TPSA) is 23.8 Å². The highest BCUT2D eigenvalue weighted by Gasteiger charge is 2.28. The monoisotopic (exact) mass is 297 g/mol. The molecule has 0 aromatic heterocycles. The Bertz CT molecular complexity index is 730. The van der Waals surface area contributed by atoms with Crippen LogP contribution in [0.15, 0.2) is 41.3 Å². The molecule has 0 fully saturated rings. The first-order chi connectivity index (χ1) is 10.1. The molecule has 0 bridgehead atoms. The van der Waals surface area contributed by atoms with Gasteiger partial charge in [-0.05, 0) is 29.2 Å². The van der Waals surface area contributed by atoms with Crippen molar-refractivity contribution in [3.8, 4) is 6.07 Å². The van der Waals surface area contributed by atoms with Crippen LogP contribution in [-0.4, -0.2) is 0 Å². The van der Waals surface area contributed by atoms with Gasteiger partial charge in [0, 0.05) is 22.1 Å². The second-order valence-corrected chi connectivity index (χ2v) is 6.67. The van der Waals surface area contributed by atoms with Gasteiger partial charge in [0.25, 0.3) is 0 Å². The number of rotatable bonds is 1. The average Bonchev–Trinajstić information content (AvgIpc) is 2.64.